The lowest BCUT2D eigenvalue weighted by Gasteiger charge is -2.20. The maximum absolute atomic E-state index is 12.0. The van der Waals surface area contributed by atoms with E-state index in [1.54, 1.807) is 12.3 Å². The van der Waals surface area contributed by atoms with Crippen molar-refractivity contribution in [3.8, 4) is 0 Å². The maximum atomic E-state index is 12.0. The van der Waals surface area contributed by atoms with Gasteiger partial charge in [-0.05, 0) is 37.8 Å². The molecule has 5 heteroatoms. The summed E-state index contributed by atoms with van der Waals surface area (Å²) in [6.07, 6.45) is 4.51. The molecule has 18 heavy (non-hydrogen) atoms. The number of aromatic nitrogens is 1. The van der Waals surface area contributed by atoms with Crippen molar-refractivity contribution < 1.29 is 4.79 Å². The van der Waals surface area contributed by atoms with Crippen LogP contribution in [0.1, 0.15) is 25.5 Å². The number of nitrogens with two attached hydrogens (primary N) is 1. The molecule has 1 heterocycles. The summed E-state index contributed by atoms with van der Waals surface area (Å²) in [7, 11) is 0. The number of halogens is 1. The van der Waals surface area contributed by atoms with Gasteiger partial charge in [-0.3, -0.25) is 9.78 Å². The molecular formula is C13H20ClN3O. The minimum Gasteiger partial charge on any atom is -0.397 e. The number of nitrogens with zero attached hydrogens (tertiary/aromatic N) is 2. The van der Waals surface area contributed by atoms with E-state index in [-0.39, 0.29) is 18.3 Å². The molecule has 1 saturated carbocycles. The number of hydrogen-bond acceptors (Lipinski definition) is 3. The van der Waals surface area contributed by atoms with Crippen LogP contribution in [0.5, 0.6) is 0 Å². The van der Waals surface area contributed by atoms with Gasteiger partial charge in [0.15, 0.2) is 0 Å². The van der Waals surface area contributed by atoms with Gasteiger partial charge < -0.3 is 10.6 Å². The second kappa shape index (κ2) is 6.59. The zero-order valence-electron chi connectivity index (χ0n) is 10.6. The first-order valence-corrected chi connectivity index (χ1v) is 6.17. The van der Waals surface area contributed by atoms with Crippen LogP contribution in [0.3, 0.4) is 0 Å². The Morgan fingerprint density at radius 3 is 2.72 bits per heavy atom. The van der Waals surface area contributed by atoms with Gasteiger partial charge in [0, 0.05) is 18.8 Å². The van der Waals surface area contributed by atoms with Crippen molar-refractivity contribution >= 4 is 24.0 Å². The smallest absolute Gasteiger partial charge is 0.228 e. The van der Waals surface area contributed by atoms with Crippen molar-refractivity contribution in [1.29, 1.82) is 0 Å². The van der Waals surface area contributed by atoms with Crippen LogP contribution < -0.4 is 5.73 Å². The molecule has 0 saturated heterocycles. The number of likely N-dealkylation sites (N-methyl/N-ethyl adjacent to an activating group) is 1. The minimum atomic E-state index is 0. The zero-order valence-corrected chi connectivity index (χ0v) is 11.4. The molecule has 1 amide bonds. The summed E-state index contributed by atoms with van der Waals surface area (Å²) in [5.74, 6) is 0.898. The number of nitrogen functional groups attached to an aromatic ring is 1. The summed E-state index contributed by atoms with van der Waals surface area (Å²) in [6, 6.07) is 3.60. The molecule has 0 aliphatic heterocycles. The van der Waals surface area contributed by atoms with E-state index in [2.05, 4.69) is 4.98 Å². The fourth-order valence-corrected chi connectivity index (χ4v) is 1.83. The number of rotatable bonds is 5. The number of hydrogen-bond donors (Lipinski definition) is 1. The van der Waals surface area contributed by atoms with Gasteiger partial charge in [-0.25, -0.2) is 0 Å². The molecule has 2 rings (SSSR count). The molecule has 0 aromatic carbocycles. The van der Waals surface area contributed by atoms with Crippen LogP contribution in [0.25, 0.3) is 0 Å². The maximum Gasteiger partial charge on any atom is 0.228 e. The summed E-state index contributed by atoms with van der Waals surface area (Å²) < 4.78 is 0. The Kier molecular flexibility index (Phi) is 5.41. The Morgan fingerprint density at radius 1 is 1.50 bits per heavy atom. The molecule has 1 aliphatic carbocycles. The topological polar surface area (TPSA) is 59.2 Å². The van der Waals surface area contributed by atoms with E-state index < -0.39 is 0 Å². The van der Waals surface area contributed by atoms with Crippen molar-refractivity contribution in [2.75, 3.05) is 18.8 Å². The third-order valence-corrected chi connectivity index (χ3v) is 3.09. The molecule has 1 aromatic heterocycles. The Balaban J connectivity index is 0.00000162. The molecule has 0 atom stereocenters. The molecule has 0 bridgehead atoms. The third-order valence-electron chi connectivity index (χ3n) is 3.09. The van der Waals surface area contributed by atoms with Gasteiger partial charge in [0.2, 0.25) is 5.91 Å². The van der Waals surface area contributed by atoms with Crippen molar-refractivity contribution in [2.45, 2.75) is 26.2 Å². The molecule has 4 nitrogen and oxygen atoms in total. The molecular weight excluding hydrogens is 250 g/mol. The van der Waals surface area contributed by atoms with Crippen LogP contribution in [0, 0.1) is 5.92 Å². The second-order valence-electron chi connectivity index (χ2n) is 4.64. The Labute approximate surface area is 114 Å². The van der Waals surface area contributed by atoms with Crippen molar-refractivity contribution in [3.63, 3.8) is 0 Å². The Bertz CT molecular complexity index is 390. The first kappa shape index (κ1) is 14.8. The highest BCUT2D eigenvalue weighted by atomic mass is 35.5. The van der Waals surface area contributed by atoms with Gasteiger partial charge in [0.05, 0.1) is 18.3 Å². The summed E-state index contributed by atoms with van der Waals surface area (Å²) in [4.78, 5) is 18.1. The molecule has 1 aromatic rings. The van der Waals surface area contributed by atoms with Gasteiger partial charge in [0.25, 0.3) is 0 Å². The van der Waals surface area contributed by atoms with Gasteiger partial charge in [-0.2, -0.15) is 0 Å². The number of pyridine rings is 1. The van der Waals surface area contributed by atoms with E-state index in [1.165, 1.54) is 12.8 Å². The highest BCUT2D eigenvalue weighted by Gasteiger charge is 2.25. The number of carbonyl (C=O) groups excluding carboxylic acids is 1. The third kappa shape index (κ3) is 4.18. The number of anilines is 1. The summed E-state index contributed by atoms with van der Waals surface area (Å²) in [6.45, 7) is 3.71. The van der Waals surface area contributed by atoms with Gasteiger partial charge in [-0.15, -0.1) is 12.4 Å². The lowest BCUT2D eigenvalue weighted by Crippen LogP contribution is -2.34. The molecule has 1 aliphatic rings. The molecule has 100 valence electrons. The second-order valence-corrected chi connectivity index (χ2v) is 4.64. The van der Waals surface area contributed by atoms with Gasteiger partial charge in [0.1, 0.15) is 0 Å². The average Bonchev–Trinajstić information content (AvgIpc) is 3.13. The highest BCUT2D eigenvalue weighted by molar-refractivity contribution is 5.85. The molecule has 0 spiro atoms. The molecule has 2 N–H and O–H groups in total. The number of carbonyl (C=O) groups is 1. The van der Waals surface area contributed by atoms with Crippen molar-refractivity contribution in [3.05, 3.63) is 24.0 Å². The van der Waals surface area contributed by atoms with Crippen LogP contribution in [0.2, 0.25) is 0 Å². The Hall–Kier alpha value is -1.29. The van der Waals surface area contributed by atoms with Crippen LogP contribution in [-0.4, -0.2) is 28.9 Å². The van der Waals surface area contributed by atoms with E-state index in [0.29, 0.717) is 12.1 Å². The Morgan fingerprint density at radius 2 is 2.22 bits per heavy atom. The summed E-state index contributed by atoms with van der Waals surface area (Å²) in [5.41, 5.74) is 6.98. The fourth-order valence-electron chi connectivity index (χ4n) is 1.83. The van der Waals surface area contributed by atoms with Crippen LogP contribution in [0.4, 0.5) is 5.69 Å². The van der Waals surface area contributed by atoms with Gasteiger partial charge >= 0.3 is 0 Å². The van der Waals surface area contributed by atoms with E-state index >= 15 is 0 Å². The first-order chi connectivity index (χ1) is 8.19. The monoisotopic (exact) mass is 269 g/mol. The van der Waals surface area contributed by atoms with E-state index in [4.69, 9.17) is 5.73 Å². The molecule has 1 fully saturated rings. The SMILES string of the molecule is CCN(CC1CC1)C(=O)Cc1ccc(N)cn1.Cl. The molecule has 0 radical (unpaired) electrons. The van der Waals surface area contributed by atoms with E-state index in [1.807, 2.05) is 17.9 Å². The lowest BCUT2D eigenvalue weighted by atomic mass is 10.2. The predicted molar refractivity (Wildman–Crippen MR) is 74.6 cm³/mol. The fraction of sp³-hybridized carbons (Fsp3) is 0.538. The van der Waals surface area contributed by atoms with Crippen molar-refractivity contribution in [1.82, 2.24) is 9.88 Å². The lowest BCUT2D eigenvalue weighted by molar-refractivity contribution is -0.130. The highest BCUT2D eigenvalue weighted by Crippen LogP contribution is 2.29. The molecule has 0 unspecified atom stereocenters. The van der Waals surface area contributed by atoms with Crippen LogP contribution >= 0.6 is 12.4 Å². The summed E-state index contributed by atoms with van der Waals surface area (Å²) >= 11 is 0. The van der Waals surface area contributed by atoms with E-state index in [9.17, 15) is 4.79 Å². The largest absolute Gasteiger partial charge is 0.397 e. The van der Waals surface area contributed by atoms with Crippen LogP contribution in [0.15, 0.2) is 18.3 Å². The average molecular weight is 270 g/mol. The minimum absolute atomic E-state index is 0. The quantitative estimate of drug-likeness (QED) is 0.888. The van der Waals surface area contributed by atoms with Crippen LogP contribution in [-0.2, 0) is 11.2 Å². The standard InChI is InChI=1S/C13H19N3O.ClH/c1-2-16(9-10-3-4-10)13(17)7-12-6-5-11(14)8-15-12;/h5-6,8,10H,2-4,7,9,14H2,1H3;1H. The van der Waals surface area contributed by atoms with E-state index in [0.717, 1.165) is 24.7 Å². The van der Waals surface area contributed by atoms with Gasteiger partial charge in [-0.1, -0.05) is 0 Å². The predicted octanol–water partition coefficient (Wildman–Crippen LogP) is 1.89. The number of amides is 1. The normalized spacial score (nSPS) is 13.8. The zero-order chi connectivity index (χ0) is 12.3. The van der Waals surface area contributed by atoms with Crippen molar-refractivity contribution in [2.24, 2.45) is 5.92 Å². The first-order valence-electron chi connectivity index (χ1n) is 6.17. The summed E-state index contributed by atoms with van der Waals surface area (Å²) in [5, 5.41) is 0.